The number of hydrogen-bond acceptors (Lipinski definition) is 3. The lowest BCUT2D eigenvalue weighted by Gasteiger charge is -2.44. The Labute approximate surface area is 155 Å². The number of para-hydroxylation sites is 1. The molecule has 3 nitrogen and oxygen atoms in total. The van der Waals surface area contributed by atoms with Gasteiger partial charge in [0.25, 0.3) is 5.17 Å². The van der Waals surface area contributed by atoms with Gasteiger partial charge in [-0.2, -0.15) is 0 Å². The minimum Gasteiger partial charge on any atom is -0.488 e. The first-order chi connectivity index (χ1) is 11.7. The van der Waals surface area contributed by atoms with Crippen molar-refractivity contribution in [1.29, 1.82) is 0 Å². The second-order valence-electron chi connectivity index (χ2n) is 7.65. The molecule has 1 atom stereocenters. The zero-order valence-corrected chi connectivity index (χ0v) is 16.3. The summed E-state index contributed by atoms with van der Waals surface area (Å²) in [4.78, 5) is 1.78. The molecule has 25 heavy (non-hydrogen) atoms. The van der Waals surface area contributed by atoms with Crippen LogP contribution in [0.5, 0.6) is 11.5 Å². The van der Waals surface area contributed by atoms with Gasteiger partial charge in [0.15, 0.2) is 0 Å². The molecule has 0 bridgehead atoms. The standard InChI is InChI=1S/C21H25NO2S/c1-20(2)14-21(3,17-8-6-7-9-18(17)24-20)15-10-12-16(13-11-15)23-19(25)22(4)5/h6-13H,14H2,1-5H3. The molecule has 0 aliphatic carbocycles. The molecule has 2 aromatic carbocycles. The van der Waals surface area contributed by atoms with Crippen molar-refractivity contribution in [3.05, 3.63) is 59.7 Å². The number of rotatable bonds is 2. The first-order valence-electron chi connectivity index (χ1n) is 8.49. The summed E-state index contributed by atoms with van der Waals surface area (Å²) in [5, 5.41) is 0.455. The predicted octanol–water partition coefficient (Wildman–Crippen LogP) is 4.78. The first kappa shape index (κ1) is 17.7. The summed E-state index contributed by atoms with van der Waals surface area (Å²) in [6.07, 6.45) is 0.910. The van der Waals surface area contributed by atoms with Crippen molar-refractivity contribution in [3.63, 3.8) is 0 Å². The maximum absolute atomic E-state index is 6.19. The Hall–Kier alpha value is -2.07. The monoisotopic (exact) mass is 355 g/mol. The summed E-state index contributed by atoms with van der Waals surface area (Å²) in [6.45, 7) is 6.58. The van der Waals surface area contributed by atoms with Gasteiger partial charge in [-0.3, -0.25) is 0 Å². The van der Waals surface area contributed by atoms with Crippen molar-refractivity contribution >= 4 is 17.4 Å². The lowest BCUT2D eigenvalue weighted by molar-refractivity contribution is 0.0583. The highest BCUT2D eigenvalue weighted by Gasteiger charge is 2.42. The van der Waals surface area contributed by atoms with Gasteiger partial charge < -0.3 is 14.4 Å². The van der Waals surface area contributed by atoms with E-state index in [-0.39, 0.29) is 11.0 Å². The third kappa shape index (κ3) is 3.49. The average molecular weight is 356 g/mol. The van der Waals surface area contributed by atoms with Crippen LogP contribution in [0.4, 0.5) is 0 Å². The molecule has 4 heteroatoms. The highest BCUT2D eigenvalue weighted by molar-refractivity contribution is 7.80. The van der Waals surface area contributed by atoms with Crippen LogP contribution in [0.2, 0.25) is 0 Å². The Morgan fingerprint density at radius 1 is 1.04 bits per heavy atom. The molecule has 0 radical (unpaired) electrons. The minimum atomic E-state index is -0.217. The molecule has 0 aromatic heterocycles. The van der Waals surface area contributed by atoms with Crippen LogP contribution in [0.15, 0.2) is 48.5 Å². The summed E-state index contributed by atoms with van der Waals surface area (Å²) in [5.74, 6) is 1.72. The average Bonchev–Trinajstić information content (AvgIpc) is 2.54. The Bertz CT molecular complexity index is 783. The lowest BCUT2D eigenvalue weighted by atomic mass is 9.68. The molecule has 0 amide bonds. The van der Waals surface area contributed by atoms with E-state index in [0.717, 1.165) is 17.9 Å². The Morgan fingerprint density at radius 3 is 2.32 bits per heavy atom. The molecule has 132 valence electrons. The van der Waals surface area contributed by atoms with Crippen molar-refractivity contribution < 1.29 is 9.47 Å². The van der Waals surface area contributed by atoms with E-state index in [1.165, 1.54) is 11.1 Å². The number of ether oxygens (including phenoxy) is 2. The number of hydrogen-bond donors (Lipinski definition) is 0. The molecule has 3 rings (SSSR count). The van der Waals surface area contributed by atoms with E-state index in [9.17, 15) is 0 Å². The van der Waals surface area contributed by atoms with Crippen LogP contribution in [-0.4, -0.2) is 29.8 Å². The first-order valence-corrected chi connectivity index (χ1v) is 8.90. The molecule has 0 N–H and O–H groups in total. The van der Waals surface area contributed by atoms with E-state index in [4.69, 9.17) is 21.7 Å². The van der Waals surface area contributed by atoms with Gasteiger partial charge in [-0.1, -0.05) is 37.3 Å². The topological polar surface area (TPSA) is 21.7 Å². The highest BCUT2D eigenvalue weighted by atomic mass is 32.1. The summed E-state index contributed by atoms with van der Waals surface area (Å²) in [5.41, 5.74) is 2.15. The van der Waals surface area contributed by atoms with Crippen molar-refractivity contribution in [1.82, 2.24) is 4.90 Å². The van der Waals surface area contributed by atoms with Crippen LogP contribution in [0.1, 0.15) is 38.3 Å². The van der Waals surface area contributed by atoms with Gasteiger partial charge in [-0.05, 0) is 49.8 Å². The Morgan fingerprint density at radius 2 is 1.68 bits per heavy atom. The number of thiocarbonyl (C=S) groups is 1. The molecule has 0 saturated carbocycles. The smallest absolute Gasteiger partial charge is 0.264 e. The third-order valence-electron chi connectivity index (χ3n) is 4.71. The van der Waals surface area contributed by atoms with Crippen molar-refractivity contribution in [2.24, 2.45) is 0 Å². The zero-order chi connectivity index (χ0) is 18.2. The Kier molecular flexibility index (Phi) is 4.50. The van der Waals surface area contributed by atoms with E-state index in [1.54, 1.807) is 4.90 Å². The van der Waals surface area contributed by atoms with Gasteiger partial charge in [-0.15, -0.1) is 0 Å². The molecule has 0 saturated heterocycles. The van der Waals surface area contributed by atoms with E-state index in [1.807, 2.05) is 32.3 Å². The summed E-state index contributed by atoms with van der Waals surface area (Å²) < 4.78 is 11.9. The van der Waals surface area contributed by atoms with E-state index < -0.39 is 0 Å². The molecule has 1 heterocycles. The quantitative estimate of drug-likeness (QED) is 0.723. The maximum Gasteiger partial charge on any atom is 0.264 e. The van der Waals surface area contributed by atoms with Crippen LogP contribution in [-0.2, 0) is 5.41 Å². The summed E-state index contributed by atoms with van der Waals surface area (Å²) in [7, 11) is 3.75. The van der Waals surface area contributed by atoms with E-state index in [2.05, 4.69) is 51.1 Å². The fourth-order valence-electron chi connectivity index (χ4n) is 3.63. The zero-order valence-electron chi connectivity index (χ0n) is 15.5. The molecule has 1 unspecified atom stereocenters. The predicted molar refractivity (Wildman–Crippen MR) is 106 cm³/mol. The fourth-order valence-corrected chi connectivity index (χ4v) is 3.73. The van der Waals surface area contributed by atoms with Crippen molar-refractivity contribution in [2.45, 2.75) is 38.2 Å². The van der Waals surface area contributed by atoms with Crippen LogP contribution in [0, 0.1) is 0 Å². The molecule has 1 aliphatic rings. The van der Waals surface area contributed by atoms with Crippen LogP contribution >= 0.6 is 12.2 Å². The van der Waals surface area contributed by atoms with Crippen molar-refractivity contribution in [2.75, 3.05) is 14.1 Å². The second kappa shape index (κ2) is 6.34. The minimum absolute atomic E-state index is 0.112. The molecule has 0 spiro atoms. The largest absolute Gasteiger partial charge is 0.488 e. The molecular formula is C21H25NO2S. The van der Waals surface area contributed by atoms with Gasteiger partial charge in [0, 0.05) is 31.5 Å². The van der Waals surface area contributed by atoms with Gasteiger partial charge >= 0.3 is 0 Å². The molecule has 2 aromatic rings. The normalized spacial score (nSPS) is 21.0. The van der Waals surface area contributed by atoms with Crippen LogP contribution < -0.4 is 9.47 Å². The molecular weight excluding hydrogens is 330 g/mol. The highest BCUT2D eigenvalue weighted by Crippen LogP contribution is 2.48. The van der Waals surface area contributed by atoms with Crippen LogP contribution in [0.3, 0.4) is 0 Å². The van der Waals surface area contributed by atoms with Gasteiger partial charge in [0.1, 0.15) is 17.1 Å². The second-order valence-corrected chi connectivity index (χ2v) is 8.00. The molecule has 1 aliphatic heterocycles. The van der Waals surface area contributed by atoms with Gasteiger partial charge in [0.05, 0.1) is 0 Å². The van der Waals surface area contributed by atoms with Crippen molar-refractivity contribution in [3.8, 4) is 11.5 Å². The fraction of sp³-hybridized carbons (Fsp3) is 0.381. The van der Waals surface area contributed by atoms with E-state index in [0.29, 0.717) is 5.17 Å². The van der Waals surface area contributed by atoms with Gasteiger partial charge in [0.2, 0.25) is 0 Å². The summed E-state index contributed by atoms with van der Waals surface area (Å²) >= 11 is 5.21. The molecule has 0 fully saturated rings. The Balaban J connectivity index is 1.96. The van der Waals surface area contributed by atoms with Crippen LogP contribution in [0.25, 0.3) is 0 Å². The number of fused-ring (bicyclic) bond motifs is 1. The van der Waals surface area contributed by atoms with E-state index >= 15 is 0 Å². The van der Waals surface area contributed by atoms with Gasteiger partial charge in [-0.25, -0.2) is 0 Å². The number of nitrogens with zero attached hydrogens (tertiary/aromatic N) is 1. The third-order valence-corrected chi connectivity index (χ3v) is 5.16. The SMILES string of the molecule is CN(C)C(=S)Oc1ccc(C2(C)CC(C)(C)Oc3ccccc32)cc1. The maximum atomic E-state index is 6.19. The lowest BCUT2D eigenvalue weighted by Crippen LogP contribution is -2.43. The number of benzene rings is 2. The summed E-state index contributed by atoms with van der Waals surface area (Å²) in [6, 6.07) is 16.6.